The Morgan fingerprint density at radius 2 is 1.96 bits per heavy atom. The van der Waals surface area contributed by atoms with Gasteiger partial charge in [0.25, 0.3) is 0 Å². The van der Waals surface area contributed by atoms with Crippen molar-refractivity contribution < 1.29 is 9.47 Å². The van der Waals surface area contributed by atoms with Crippen LogP contribution in [0.1, 0.15) is 23.1 Å². The van der Waals surface area contributed by atoms with Crippen molar-refractivity contribution in [2.24, 2.45) is 0 Å². The number of aryl methyl sites for hydroxylation is 1. The maximum Gasteiger partial charge on any atom is 0.145 e. The number of H-pyrrole nitrogens is 1. The number of nitrogens with one attached hydrogen (secondary N) is 1. The molecule has 4 rings (SSSR count). The van der Waals surface area contributed by atoms with Gasteiger partial charge < -0.3 is 14.5 Å². The second kappa shape index (κ2) is 5.86. The topological polar surface area (TPSA) is 47.1 Å². The number of aromatic amines is 1. The standard InChI is InChI=1S/C20H20N2O2S/c1-12-11-15(23-3)17(13-9-10-21-18(12)13)20(2,24-4)19-22-14-7-5-6-8-16(14)25-19/h5-11,21H,1-4H3. The fraction of sp³-hybridized carbons (Fsp3) is 0.250. The summed E-state index contributed by atoms with van der Waals surface area (Å²) >= 11 is 1.66. The number of benzene rings is 2. The van der Waals surface area contributed by atoms with E-state index in [-0.39, 0.29) is 0 Å². The number of nitrogens with zero attached hydrogens (tertiary/aromatic N) is 1. The van der Waals surface area contributed by atoms with Crippen LogP contribution in [0.4, 0.5) is 0 Å². The van der Waals surface area contributed by atoms with Crippen LogP contribution >= 0.6 is 11.3 Å². The maximum absolute atomic E-state index is 6.05. The van der Waals surface area contributed by atoms with E-state index in [0.717, 1.165) is 43.0 Å². The van der Waals surface area contributed by atoms with Gasteiger partial charge in [-0.2, -0.15) is 0 Å². The van der Waals surface area contributed by atoms with Gasteiger partial charge in [0, 0.05) is 29.8 Å². The van der Waals surface area contributed by atoms with Crippen LogP contribution < -0.4 is 4.74 Å². The van der Waals surface area contributed by atoms with Crippen LogP contribution in [0.2, 0.25) is 0 Å². The Morgan fingerprint density at radius 1 is 1.16 bits per heavy atom. The summed E-state index contributed by atoms with van der Waals surface area (Å²) in [5.74, 6) is 0.813. The summed E-state index contributed by atoms with van der Waals surface area (Å²) in [4.78, 5) is 8.17. The summed E-state index contributed by atoms with van der Waals surface area (Å²) in [6.07, 6.45) is 1.95. The van der Waals surface area contributed by atoms with Gasteiger partial charge in [0.15, 0.2) is 0 Å². The molecule has 128 valence electrons. The van der Waals surface area contributed by atoms with Crippen LogP contribution in [-0.2, 0) is 10.3 Å². The van der Waals surface area contributed by atoms with Gasteiger partial charge >= 0.3 is 0 Å². The number of methoxy groups -OCH3 is 2. The van der Waals surface area contributed by atoms with E-state index in [9.17, 15) is 0 Å². The third kappa shape index (κ3) is 2.34. The molecule has 2 heterocycles. The lowest BCUT2D eigenvalue weighted by atomic mass is 9.90. The molecule has 0 saturated carbocycles. The zero-order chi connectivity index (χ0) is 17.6. The van der Waals surface area contributed by atoms with Gasteiger partial charge in [0.05, 0.1) is 17.3 Å². The number of hydrogen-bond acceptors (Lipinski definition) is 4. The number of thiazole rings is 1. The number of para-hydroxylation sites is 1. The van der Waals surface area contributed by atoms with Crippen LogP contribution in [0, 0.1) is 6.92 Å². The number of fused-ring (bicyclic) bond motifs is 2. The zero-order valence-corrected chi connectivity index (χ0v) is 15.5. The van der Waals surface area contributed by atoms with Gasteiger partial charge in [-0.1, -0.05) is 12.1 Å². The molecule has 0 aliphatic carbocycles. The van der Waals surface area contributed by atoms with E-state index in [1.807, 2.05) is 24.4 Å². The van der Waals surface area contributed by atoms with Crippen LogP contribution in [0.5, 0.6) is 5.75 Å². The highest BCUT2D eigenvalue weighted by atomic mass is 32.1. The Balaban J connectivity index is 2.04. The first kappa shape index (κ1) is 16.1. The number of aromatic nitrogens is 2. The third-order valence-corrected chi connectivity index (χ3v) is 6.05. The van der Waals surface area contributed by atoms with Crippen molar-refractivity contribution in [3.8, 4) is 5.75 Å². The molecule has 2 aromatic heterocycles. The Hall–Kier alpha value is -2.37. The number of ether oxygens (including phenoxy) is 2. The molecular formula is C20H20N2O2S. The highest BCUT2D eigenvalue weighted by Crippen LogP contribution is 2.45. The molecule has 5 heteroatoms. The van der Waals surface area contributed by atoms with Crippen LogP contribution in [-0.4, -0.2) is 24.2 Å². The van der Waals surface area contributed by atoms with Gasteiger partial charge in [-0.25, -0.2) is 4.98 Å². The molecule has 4 aromatic rings. The molecule has 4 nitrogen and oxygen atoms in total. The van der Waals surface area contributed by atoms with Crippen molar-refractivity contribution in [1.82, 2.24) is 9.97 Å². The molecule has 0 aliphatic rings. The van der Waals surface area contributed by atoms with Gasteiger partial charge in [-0.3, -0.25) is 0 Å². The summed E-state index contributed by atoms with van der Waals surface area (Å²) < 4.78 is 12.9. The van der Waals surface area contributed by atoms with Crippen LogP contribution in [0.3, 0.4) is 0 Å². The van der Waals surface area contributed by atoms with Gasteiger partial charge in [-0.05, 0) is 43.7 Å². The van der Waals surface area contributed by atoms with Crippen molar-refractivity contribution in [3.05, 3.63) is 58.7 Å². The minimum absolute atomic E-state index is 0.705. The molecular weight excluding hydrogens is 332 g/mol. The monoisotopic (exact) mass is 352 g/mol. The van der Waals surface area contributed by atoms with Gasteiger partial charge in [-0.15, -0.1) is 11.3 Å². The lowest BCUT2D eigenvalue weighted by Gasteiger charge is -2.29. The highest BCUT2D eigenvalue weighted by Gasteiger charge is 2.37. The maximum atomic E-state index is 6.05. The molecule has 0 fully saturated rings. The van der Waals surface area contributed by atoms with E-state index in [1.54, 1.807) is 25.6 Å². The first-order valence-electron chi connectivity index (χ1n) is 8.15. The van der Waals surface area contributed by atoms with Crippen molar-refractivity contribution in [3.63, 3.8) is 0 Å². The van der Waals surface area contributed by atoms with E-state index >= 15 is 0 Å². The molecule has 0 amide bonds. The summed E-state index contributed by atoms with van der Waals surface area (Å²) in [6.45, 7) is 4.14. The van der Waals surface area contributed by atoms with E-state index in [4.69, 9.17) is 14.5 Å². The van der Waals surface area contributed by atoms with Gasteiger partial charge in [0.1, 0.15) is 16.4 Å². The molecule has 1 atom stereocenters. The SMILES string of the molecule is COc1cc(C)c2[nH]ccc2c1C(C)(OC)c1nc2ccccc2s1. The fourth-order valence-corrected chi connectivity index (χ4v) is 4.50. The fourth-order valence-electron chi connectivity index (χ4n) is 3.40. The highest BCUT2D eigenvalue weighted by molar-refractivity contribution is 7.18. The second-order valence-electron chi connectivity index (χ2n) is 6.26. The van der Waals surface area contributed by atoms with E-state index in [0.29, 0.717) is 0 Å². The molecule has 0 saturated heterocycles. The normalized spacial score (nSPS) is 14.1. The third-order valence-electron chi connectivity index (χ3n) is 4.81. The Morgan fingerprint density at radius 3 is 2.68 bits per heavy atom. The summed E-state index contributed by atoms with van der Waals surface area (Å²) in [5, 5.41) is 2.02. The Kier molecular flexibility index (Phi) is 3.78. The average molecular weight is 352 g/mol. The molecule has 0 aliphatic heterocycles. The quantitative estimate of drug-likeness (QED) is 0.562. The predicted molar refractivity (Wildman–Crippen MR) is 103 cm³/mol. The lowest BCUT2D eigenvalue weighted by molar-refractivity contribution is 0.0383. The van der Waals surface area contributed by atoms with Crippen molar-refractivity contribution in [2.75, 3.05) is 14.2 Å². The molecule has 0 spiro atoms. The Labute approximate surface area is 150 Å². The predicted octanol–water partition coefficient (Wildman–Crippen LogP) is 5.00. The minimum atomic E-state index is -0.705. The van der Waals surface area contributed by atoms with E-state index in [2.05, 4.69) is 37.0 Å². The van der Waals surface area contributed by atoms with Crippen molar-refractivity contribution >= 4 is 32.5 Å². The Bertz CT molecular complexity index is 1030. The molecule has 1 N–H and O–H groups in total. The van der Waals surface area contributed by atoms with Crippen molar-refractivity contribution in [1.29, 1.82) is 0 Å². The zero-order valence-electron chi connectivity index (χ0n) is 14.7. The lowest BCUT2D eigenvalue weighted by Crippen LogP contribution is -2.27. The molecule has 1 unspecified atom stereocenters. The number of hydrogen-bond donors (Lipinski definition) is 1. The minimum Gasteiger partial charge on any atom is -0.496 e. The van der Waals surface area contributed by atoms with E-state index in [1.165, 1.54) is 0 Å². The van der Waals surface area contributed by atoms with Gasteiger partial charge in [0.2, 0.25) is 0 Å². The second-order valence-corrected chi connectivity index (χ2v) is 7.29. The van der Waals surface area contributed by atoms with Crippen molar-refractivity contribution in [2.45, 2.75) is 19.4 Å². The smallest absolute Gasteiger partial charge is 0.145 e. The molecule has 0 radical (unpaired) electrons. The average Bonchev–Trinajstić information content (AvgIpc) is 3.28. The molecule has 0 bridgehead atoms. The first-order chi connectivity index (χ1) is 12.1. The summed E-state index contributed by atoms with van der Waals surface area (Å²) in [6, 6.07) is 12.3. The first-order valence-corrected chi connectivity index (χ1v) is 8.96. The largest absolute Gasteiger partial charge is 0.496 e. The summed E-state index contributed by atoms with van der Waals surface area (Å²) in [5.41, 5.74) is 3.52. The van der Waals surface area contributed by atoms with Crippen LogP contribution in [0.25, 0.3) is 21.1 Å². The van der Waals surface area contributed by atoms with E-state index < -0.39 is 5.60 Å². The molecule has 2 aromatic carbocycles. The van der Waals surface area contributed by atoms with Crippen LogP contribution in [0.15, 0.2) is 42.6 Å². The summed E-state index contributed by atoms with van der Waals surface area (Å²) in [7, 11) is 3.43. The number of rotatable bonds is 4. The molecule has 25 heavy (non-hydrogen) atoms.